The molecular weight excluding hydrogens is 330 g/mol. The van der Waals surface area contributed by atoms with Gasteiger partial charge in [-0.25, -0.2) is 0 Å². The highest BCUT2D eigenvalue weighted by Gasteiger charge is 2.05. The minimum atomic E-state index is 0.701. The lowest BCUT2D eigenvalue weighted by Crippen LogP contribution is -1.98. The standard InChI is InChI=1S/C17H14BrNO2/c1-21-17-5-3-12(9-15(17)18)10-19-7-6-14-8-13(11-20)2-4-16(14)19/h2-9,11H,10H2,1H3. The fourth-order valence-corrected chi connectivity index (χ4v) is 3.02. The molecule has 0 atom stereocenters. The van der Waals surface area contributed by atoms with Crippen molar-refractivity contribution in [3.8, 4) is 5.75 Å². The van der Waals surface area contributed by atoms with Crippen LogP contribution in [0.3, 0.4) is 0 Å². The number of halogens is 1. The predicted molar refractivity (Wildman–Crippen MR) is 87.1 cm³/mol. The van der Waals surface area contributed by atoms with Gasteiger partial charge in [0, 0.05) is 29.2 Å². The number of fused-ring (bicyclic) bond motifs is 1. The lowest BCUT2D eigenvalue weighted by atomic mass is 10.1. The van der Waals surface area contributed by atoms with E-state index in [1.54, 1.807) is 7.11 Å². The molecule has 0 radical (unpaired) electrons. The first-order valence-corrected chi connectivity index (χ1v) is 7.37. The van der Waals surface area contributed by atoms with Crippen LogP contribution in [-0.4, -0.2) is 18.0 Å². The monoisotopic (exact) mass is 343 g/mol. The summed E-state index contributed by atoms with van der Waals surface area (Å²) in [5, 5.41) is 1.08. The van der Waals surface area contributed by atoms with Crippen LogP contribution in [0.2, 0.25) is 0 Å². The van der Waals surface area contributed by atoms with Crippen LogP contribution in [0, 0.1) is 0 Å². The number of hydrogen-bond acceptors (Lipinski definition) is 2. The van der Waals surface area contributed by atoms with Gasteiger partial charge in [-0.2, -0.15) is 0 Å². The van der Waals surface area contributed by atoms with Crippen LogP contribution in [0.5, 0.6) is 5.75 Å². The van der Waals surface area contributed by atoms with Crippen LogP contribution in [0.15, 0.2) is 53.1 Å². The average molecular weight is 344 g/mol. The summed E-state index contributed by atoms with van der Waals surface area (Å²) in [5.74, 6) is 0.826. The molecule has 1 heterocycles. The van der Waals surface area contributed by atoms with Crippen LogP contribution in [-0.2, 0) is 6.54 Å². The Bertz CT molecular complexity index is 808. The van der Waals surface area contributed by atoms with Gasteiger partial charge in [-0.05, 0) is 57.9 Å². The first-order chi connectivity index (χ1) is 10.2. The molecule has 0 aliphatic carbocycles. The lowest BCUT2D eigenvalue weighted by molar-refractivity contribution is 0.112. The molecule has 0 unspecified atom stereocenters. The van der Waals surface area contributed by atoms with Crippen molar-refractivity contribution in [1.29, 1.82) is 0 Å². The number of aldehydes is 1. The van der Waals surface area contributed by atoms with Gasteiger partial charge in [0.25, 0.3) is 0 Å². The van der Waals surface area contributed by atoms with Gasteiger partial charge >= 0.3 is 0 Å². The Kier molecular flexibility index (Phi) is 3.80. The summed E-state index contributed by atoms with van der Waals surface area (Å²) < 4.78 is 8.36. The number of nitrogens with zero attached hydrogens (tertiary/aromatic N) is 1. The van der Waals surface area contributed by atoms with Crippen LogP contribution >= 0.6 is 15.9 Å². The third-order valence-corrected chi connectivity index (χ3v) is 4.12. The molecule has 106 valence electrons. The summed E-state index contributed by atoms with van der Waals surface area (Å²) in [5.41, 5.74) is 3.00. The fraction of sp³-hybridized carbons (Fsp3) is 0.118. The second kappa shape index (κ2) is 5.74. The number of hydrogen-bond donors (Lipinski definition) is 0. The molecule has 0 saturated heterocycles. The van der Waals surface area contributed by atoms with E-state index in [-0.39, 0.29) is 0 Å². The molecular formula is C17H14BrNO2. The molecule has 0 bridgehead atoms. The number of rotatable bonds is 4. The molecule has 21 heavy (non-hydrogen) atoms. The molecule has 0 aliphatic rings. The predicted octanol–water partition coefficient (Wildman–Crippen LogP) is 4.27. The highest BCUT2D eigenvalue weighted by atomic mass is 79.9. The summed E-state index contributed by atoms with van der Waals surface area (Å²) in [6.45, 7) is 0.770. The number of benzene rings is 2. The number of carbonyl (C=O) groups excluding carboxylic acids is 1. The Morgan fingerprint density at radius 2 is 2.05 bits per heavy atom. The minimum Gasteiger partial charge on any atom is -0.496 e. The van der Waals surface area contributed by atoms with E-state index in [0.717, 1.165) is 34.0 Å². The molecule has 3 rings (SSSR count). The molecule has 0 aliphatic heterocycles. The lowest BCUT2D eigenvalue weighted by Gasteiger charge is -2.09. The van der Waals surface area contributed by atoms with Gasteiger partial charge in [0.05, 0.1) is 11.6 Å². The second-order valence-corrected chi connectivity index (χ2v) is 5.70. The zero-order valence-corrected chi connectivity index (χ0v) is 13.1. The van der Waals surface area contributed by atoms with E-state index in [1.165, 1.54) is 5.56 Å². The fourth-order valence-electron chi connectivity index (χ4n) is 2.43. The maximum absolute atomic E-state index is 10.8. The van der Waals surface area contributed by atoms with Crippen molar-refractivity contribution in [3.05, 3.63) is 64.3 Å². The van der Waals surface area contributed by atoms with Gasteiger partial charge in [-0.1, -0.05) is 6.07 Å². The summed E-state index contributed by atoms with van der Waals surface area (Å²) in [6.07, 6.45) is 2.91. The number of aromatic nitrogens is 1. The Balaban J connectivity index is 1.94. The molecule has 3 nitrogen and oxygen atoms in total. The Morgan fingerprint density at radius 1 is 1.19 bits per heavy atom. The maximum Gasteiger partial charge on any atom is 0.150 e. The maximum atomic E-state index is 10.8. The summed E-state index contributed by atoms with van der Waals surface area (Å²) in [4.78, 5) is 10.8. The molecule has 0 fully saturated rings. The Hall–Kier alpha value is -2.07. The van der Waals surface area contributed by atoms with E-state index in [1.807, 2.05) is 36.5 Å². The molecule has 4 heteroatoms. The average Bonchev–Trinajstić information content (AvgIpc) is 2.89. The van der Waals surface area contributed by atoms with Crippen LogP contribution in [0.25, 0.3) is 10.9 Å². The van der Waals surface area contributed by atoms with Crippen molar-refractivity contribution in [2.24, 2.45) is 0 Å². The van der Waals surface area contributed by atoms with Crippen LogP contribution in [0.4, 0.5) is 0 Å². The van der Waals surface area contributed by atoms with E-state index >= 15 is 0 Å². The van der Waals surface area contributed by atoms with E-state index < -0.39 is 0 Å². The molecule has 0 amide bonds. The van der Waals surface area contributed by atoms with E-state index in [0.29, 0.717) is 5.56 Å². The van der Waals surface area contributed by atoms with Gasteiger partial charge in [-0.3, -0.25) is 4.79 Å². The first kappa shape index (κ1) is 13.9. The summed E-state index contributed by atoms with van der Waals surface area (Å²) in [7, 11) is 1.66. The minimum absolute atomic E-state index is 0.701. The van der Waals surface area contributed by atoms with Gasteiger partial charge in [0.1, 0.15) is 12.0 Å². The molecule has 2 aromatic carbocycles. The molecule has 0 saturated carbocycles. The number of carbonyl (C=O) groups is 1. The van der Waals surface area contributed by atoms with Crippen LogP contribution < -0.4 is 4.74 Å². The van der Waals surface area contributed by atoms with Crippen LogP contribution in [0.1, 0.15) is 15.9 Å². The second-order valence-electron chi connectivity index (χ2n) is 4.85. The Labute approximate surface area is 131 Å². The topological polar surface area (TPSA) is 31.2 Å². The number of ether oxygens (including phenoxy) is 1. The van der Waals surface area contributed by atoms with Crippen molar-refractivity contribution in [2.75, 3.05) is 7.11 Å². The highest BCUT2D eigenvalue weighted by molar-refractivity contribution is 9.10. The third-order valence-electron chi connectivity index (χ3n) is 3.50. The SMILES string of the molecule is COc1ccc(Cn2ccc3cc(C=O)ccc32)cc1Br. The molecule has 3 aromatic rings. The van der Waals surface area contributed by atoms with Gasteiger partial charge in [-0.15, -0.1) is 0 Å². The van der Waals surface area contributed by atoms with Crippen molar-refractivity contribution in [2.45, 2.75) is 6.54 Å². The van der Waals surface area contributed by atoms with Crippen molar-refractivity contribution in [3.63, 3.8) is 0 Å². The van der Waals surface area contributed by atoms with E-state index in [4.69, 9.17) is 4.74 Å². The molecule has 0 spiro atoms. The van der Waals surface area contributed by atoms with Gasteiger partial charge < -0.3 is 9.30 Å². The van der Waals surface area contributed by atoms with Crippen molar-refractivity contribution >= 4 is 33.1 Å². The van der Waals surface area contributed by atoms with Crippen molar-refractivity contribution in [1.82, 2.24) is 4.57 Å². The Morgan fingerprint density at radius 3 is 2.76 bits per heavy atom. The molecule has 1 aromatic heterocycles. The zero-order chi connectivity index (χ0) is 14.8. The summed E-state index contributed by atoms with van der Waals surface area (Å²) >= 11 is 3.51. The van der Waals surface area contributed by atoms with Gasteiger partial charge in [0.15, 0.2) is 0 Å². The normalized spacial score (nSPS) is 10.8. The quantitative estimate of drug-likeness (QED) is 0.662. The van der Waals surface area contributed by atoms with Crippen molar-refractivity contribution < 1.29 is 9.53 Å². The largest absolute Gasteiger partial charge is 0.496 e. The summed E-state index contributed by atoms with van der Waals surface area (Å²) in [6, 6.07) is 13.8. The third kappa shape index (κ3) is 2.72. The van der Waals surface area contributed by atoms with E-state index in [2.05, 4.69) is 32.6 Å². The van der Waals surface area contributed by atoms with E-state index in [9.17, 15) is 4.79 Å². The molecule has 0 N–H and O–H groups in total. The zero-order valence-electron chi connectivity index (χ0n) is 11.5. The van der Waals surface area contributed by atoms with Gasteiger partial charge in [0.2, 0.25) is 0 Å². The number of methoxy groups -OCH3 is 1. The smallest absolute Gasteiger partial charge is 0.150 e. The highest BCUT2D eigenvalue weighted by Crippen LogP contribution is 2.26. The first-order valence-electron chi connectivity index (χ1n) is 6.58.